The lowest BCUT2D eigenvalue weighted by atomic mass is 10.2. The molecule has 1 aliphatic rings. The molecule has 0 atom stereocenters. The Balaban J connectivity index is 2.03. The fraction of sp³-hybridized carbons (Fsp3) is 0.364. The van der Waals surface area contributed by atoms with Crippen molar-refractivity contribution >= 4 is 0 Å². The lowest BCUT2D eigenvalue weighted by Crippen LogP contribution is -2.39. The van der Waals surface area contributed by atoms with Gasteiger partial charge >= 0.3 is 0 Å². The van der Waals surface area contributed by atoms with Crippen LogP contribution in [0.1, 0.15) is 5.56 Å². The molecule has 2 nitrogen and oxygen atoms in total. The number of rotatable bonds is 2. The normalized spacial score (nSPS) is 18.0. The van der Waals surface area contributed by atoms with Crippen molar-refractivity contribution in [3.8, 4) is 0 Å². The summed E-state index contributed by atoms with van der Waals surface area (Å²) in [6, 6.07) is 3.72. The highest BCUT2D eigenvalue weighted by Gasteiger charge is 2.12. The van der Waals surface area contributed by atoms with E-state index in [-0.39, 0.29) is 0 Å². The van der Waals surface area contributed by atoms with E-state index in [2.05, 4.69) is 5.32 Å². The molecule has 1 aromatic rings. The van der Waals surface area contributed by atoms with Crippen molar-refractivity contribution in [3.05, 3.63) is 41.9 Å². The molecule has 0 spiro atoms. The van der Waals surface area contributed by atoms with Gasteiger partial charge in [-0.1, -0.05) is 6.07 Å². The van der Waals surface area contributed by atoms with Gasteiger partial charge in [-0.2, -0.15) is 0 Å². The molecule has 1 aromatic carbocycles. The zero-order chi connectivity index (χ0) is 10.7. The molecule has 1 fully saturated rings. The first kappa shape index (κ1) is 10.5. The van der Waals surface area contributed by atoms with Gasteiger partial charge in [0.05, 0.1) is 0 Å². The second kappa shape index (κ2) is 4.68. The lowest BCUT2D eigenvalue weighted by Gasteiger charge is -2.26. The molecule has 1 N–H and O–H groups in total. The third kappa shape index (κ3) is 2.73. The van der Waals surface area contributed by atoms with Crippen LogP contribution in [0.4, 0.5) is 8.78 Å². The van der Waals surface area contributed by atoms with Crippen LogP contribution in [-0.4, -0.2) is 24.5 Å². The number of hydrogen-bond acceptors (Lipinski definition) is 2. The average Bonchev–Trinajstić information content (AvgIpc) is 2.24. The van der Waals surface area contributed by atoms with Gasteiger partial charge in [0.25, 0.3) is 0 Å². The van der Waals surface area contributed by atoms with Gasteiger partial charge in [-0.25, -0.2) is 8.78 Å². The van der Waals surface area contributed by atoms with E-state index in [1.165, 1.54) is 12.1 Å². The zero-order valence-electron chi connectivity index (χ0n) is 8.34. The van der Waals surface area contributed by atoms with E-state index < -0.39 is 11.6 Å². The second-order valence-corrected chi connectivity index (χ2v) is 3.59. The predicted octanol–water partition coefficient (Wildman–Crippen LogP) is 1.53. The molecule has 1 heterocycles. The van der Waals surface area contributed by atoms with Gasteiger partial charge < -0.3 is 5.32 Å². The van der Waals surface area contributed by atoms with E-state index in [1.54, 1.807) is 0 Å². The van der Waals surface area contributed by atoms with Crippen molar-refractivity contribution in [1.29, 1.82) is 0 Å². The average molecular weight is 211 g/mol. The van der Waals surface area contributed by atoms with Crippen molar-refractivity contribution in [3.63, 3.8) is 0 Å². The molecule has 0 unspecified atom stereocenters. The summed E-state index contributed by atoms with van der Waals surface area (Å²) >= 11 is 0. The minimum Gasteiger partial charge on any atom is -0.314 e. The SMILES string of the molecule is Fc1ccc(CN2[CH]CNCC2)c(F)c1. The third-order valence-corrected chi connectivity index (χ3v) is 2.46. The van der Waals surface area contributed by atoms with E-state index in [1.807, 2.05) is 11.4 Å². The summed E-state index contributed by atoms with van der Waals surface area (Å²) in [6.45, 7) is 5.07. The van der Waals surface area contributed by atoms with Crippen LogP contribution >= 0.6 is 0 Å². The number of benzene rings is 1. The molecule has 81 valence electrons. The minimum atomic E-state index is -0.527. The summed E-state index contributed by atoms with van der Waals surface area (Å²) in [7, 11) is 0. The molecule has 1 radical (unpaired) electrons. The van der Waals surface area contributed by atoms with Gasteiger partial charge in [0.15, 0.2) is 0 Å². The van der Waals surface area contributed by atoms with Crippen molar-refractivity contribution in [1.82, 2.24) is 10.2 Å². The Labute approximate surface area is 87.9 Å². The predicted molar refractivity (Wildman–Crippen MR) is 53.9 cm³/mol. The maximum atomic E-state index is 13.3. The lowest BCUT2D eigenvalue weighted by molar-refractivity contribution is 0.281. The first-order chi connectivity index (χ1) is 7.25. The Morgan fingerprint density at radius 3 is 2.87 bits per heavy atom. The Morgan fingerprint density at radius 1 is 1.33 bits per heavy atom. The Hall–Kier alpha value is -1.00. The quantitative estimate of drug-likeness (QED) is 0.798. The summed E-state index contributed by atoms with van der Waals surface area (Å²) in [6.07, 6.45) is 0. The molecule has 0 bridgehead atoms. The van der Waals surface area contributed by atoms with Gasteiger partial charge in [-0.15, -0.1) is 0 Å². The molecule has 1 saturated heterocycles. The smallest absolute Gasteiger partial charge is 0.130 e. The number of halogens is 2. The largest absolute Gasteiger partial charge is 0.314 e. The molecule has 0 amide bonds. The first-order valence-corrected chi connectivity index (χ1v) is 4.98. The van der Waals surface area contributed by atoms with E-state index >= 15 is 0 Å². The Bertz CT molecular complexity index is 335. The van der Waals surface area contributed by atoms with Crippen LogP contribution in [0, 0.1) is 18.2 Å². The van der Waals surface area contributed by atoms with Crippen LogP contribution in [0.3, 0.4) is 0 Å². The summed E-state index contributed by atoms with van der Waals surface area (Å²) in [4.78, 5) is 2.03. The topological polar surface area (TPSA) is 15.3 Å². The summed E-state index contributed by atoms with van der Waals surface area (Å²) in [5.41, 5.74) is 0.537. The van der Waals surface area contributed by atoms with Crippen LogP contribution in [0.25, 0.3) is 0 Å². The number of hydrogen-bond donors (Lipinski definition) is 1. The van der Waals surface area contributed by atoms with Crippen molar-refractivity contribution in [2.75, 3.05) is 19.6 Å². The van der Waals surface area contributed by atoms with E-state index in [0.29, 0.717) is 12.1 Å². The molecule has 0 saturated carbocycles. The van der Waals surface area contributed by atoms with E-state index in [4.69, 9.17) is 0 Å². The van der Waals surface area contributed by atoms with E-state index in [0.717, 1.165) is 25.7 Å². The van der Waals surface area contributed by atoms with Gasteiger partial charge in [-0.05, 0) is 6.07 Å². The monoisotopic (exact) mass is 211 g/mol. The van der Waals surface area contributed by atoms with Crippen LogP contribution < -0.4 is 5.32 Å². The van der Waals surface area contributed by atoms with Crippen molar-refractivity contribution < 1.29 is 8.78 Å². The summed E-state index contributed by atoms with van der Waals surface area (Å²) in [5, 5.41) is 3.17. The number of nitrogens with zero attached hydrogens (tertiary/aromatic N) is 1. The summed E-state index contributed by atoms with van der Waals surface area (Å²) < 4.78 is 26.0. The maximum absolute atomic E-state index is 13.3. The fourth-order valence-corrected chi connectivity index (χ4v) is 1.62. The molecule has 0 aromatic heterocycles. The second-order valence-electron chi connectivity index (χ2n) is 3.59. The fourth-order valence-electron chi connectivity index (χ4n) is 1.62. The summed E-state index contributed by atoms with van der Waals surface area (Å²) in [5.74, 6) is -0.998. The van der Waals surface area contributed by atoms with Gasteiger partial charge in [0.2, 0.25) is 0 Å². The van der Waals surface area contributed by atoms with Gasteiger partial charge in [-0.3, -0.25) is 4.90 Å². The molecule has 1 aliphatic heterocycles. The number of nitrogens with one attached hydrogen (secondary N) is 1. The van der Waals surface area contributed by atoms with Crippen molar-refractivity contribution in [2.24, 2.45) is 0 Å². The van der Waals surface area contributed by atoms with Crippen molar-refractivity contribution in [2.45, 2.75) is 6.54 Å². The maximum Gasteiger partial charge on any atom is 0.130 e. The molecule has 15 heavy (non-hydrogen) atoms. The first-order valence-electron chi connectivity index (χ1n) is 4.98. The molecule has 0 aliphatic carbocycles. The highest BCUT2D eigenvalue weighted by atomic mass is 19.1. The molecular formula is C11H13F2N2. The van der Waals surface area contributed by atoms with E-state index in [9.17, 15) is 8.78 Å². The molecule has 4 heteroatoms. The van der Waals surface area contributed by atoms with Gasteiger partial charge in [0, 0.05) is 44.4 Å². The van der Waals surface area contributed by atoms with Crippen LogP contribution in [0.15, 0.2) is 18.2 Å². The zero-order valence-corrected chi connectivity index (χ0v) is 8.34. The van der Waals surface area contributed by atoms with Gasteiger partial charge in [0.1, 0.15) is 11.6 Å². The Kier molecular flexibility index (Phi) is 3.28. The molecular weight excluding hydrogens is 198 g/mol. The standard InChI is InChI=1S/C11H13F2N2/c12-10-2-1-9(11(13)7-10)8-15-5-3-14-4-6-15/h1-2,5,7,14H,3-4,6,8H2. The van der Waals surface area contributed by atoms with Crippen LogP contribution in [-0.2, 0) is 6.54 Å². The number of piperazine rings is 1. The highest BCUT2D eigenvalue weighted by Crippen LogP contribution is 2.13. The molecule has 2 rings (SSSR count). The van der Waals surface area contributed by atoms with Crippen LogP contribution in [0.5, 0.6) is 0 Å². The third-order valence-electron chi connectivity index (χ3n) is 2.46. The Morgan fingerprint density at radius 2 is 2.20 bits per heavy atom. The van der Waals surface area contributed by atoms with Crippen LogP contribution in [0.2, 0.25) is 0 Å². The minimum absolute atomic E-state index is 0.470. The highest BCUT2D eigenvalue weighted by molar-refractivity contribution is 5.18.